The third-order valence-electron chi connectivity index (χ3n) is 16.5. The molecule has 0 spiro atoms. The lowest BCUT2D eigenvalue weighted by molar-refractivity contribution is -0.137. The fourth-order valence-electron chi connectivity index (χ4n) is 13.0. The van der Waals surface area contributed by atoms with Gasteiger partial charge in [-0.1, -0.05) is 13.8 Å². The molecule has 10 heterocycles. The summed E-state index contributed by atoms with van der Waals surface area (Å²) < 4.78 is 10.1. The fourth-order valence-corrected chi connectivity index (χ4v) is 13.0. The lowest BCUT2D eigenvalue weighted by atomic mass is 9.90. The van der Waals surface area contributed by atoms with Gasteiger partial charge in [0, 0.05) is 120 Å². The number of aryl methyl sites for hydroxylation is 1. The second kappa shape index (κ2) is 17.6. The Hall–Kier alpha value is -6.56. The minimum atomic E-state index is -0.335. The molecule has 3 N–H and O–H groups in total. The van der Waals surface area contributed by atoms with Crippen molar-refractivity contribution in [2.24, 2.45) is 12.5 Å². The van der Waals surface area contributed by atoms with E-state index in [0.29, 0.717) is 97.4 Å². The largest absolute Gasteiger partial charge is 0.491 e. The average Bonchev–Trinajstić information content (AvgIpc) is 3.98. The number of fused-ring (bicyclic) bond motifs is 7. The molecule has 370 valence electrons. The molecule has 0 saturated carbocycles. The molecule has 1 aliphatic carbocycles. The van der Waals surface area contributed by atoms with Gasteiger partial charge in [-0.2, -0.15) is 0 Å². The van der Waals surface area contributed by atoms with Gasteiger partial charge in [0.2, 0.25) is 11.8 Å². The molecule has 5 aromatic rings. The Balaban J connectivity index is 0.691. The van der Waals surface area contributed by atoms with Crippen molar-refractivity contribution in [1.29, 1.82) is 0 Å². The molecule has 1 aromatic carbocycles. The highest BCUT2D eigenvalue weighted by atomic mass is 16.5. The van der Waals surface area contributed by atoms with E-state index in [2.05, 4.69) is 78.8 Å². The molecule has 3 amide bonds. The Labute approximate surface area is 413 Å². The number of anilines is 5. The quantitative estimate of drug-likeness (QED) is 0.175. The van der Waals surface area contributed by atoms with Crippen LogP contribution in [0.25, 0.3) is 11.1 Å². The first-order chi connectivity index (χ1) is 34.3. The SMILES string of the molecule is C[C@@H]1CN([C@H]2CCN3c4cc5c(cc4OCC[C@H]3C2)CN(C2CCC(=O)NC2=O)C5)CCN1c1ccc(Nc2cc(-c3ccnc(N4CCn5c(cc6c5CC(C)(C)C6)C4=O)c3CO)cn(C)c2=O)nc1. The summed E-state index contributed by atoms with van der Waals surface area (Å²) in [6, 6.07) is 15.0. The van der Waals surface area contributed by atoms with Crippen molar-refractivity contribution in [1.82, 2.24) is 34.2 Å². The topological polar surface area (TPSA) is 174 Å². The normalized spacial score (nSPS) is 24.1. The molecule has 6 aliphatic heterocycles. The van der Waals surface area contributed by atoms with Gasteiger partial charge in [0.05, 0.1) is 36.8 Å². The molecule has 0 radical (unpaired) electrons. The summed E-state index contributed by atoms with van der Waals surface area (Å²) in [5, 5.41) is 16.6. The van der Waals surface area contributed by atoms with Crippen LogP contribution in [0, 0.1) is 5.41 Å². The second-order valence-electron chi connectivity index (χ2n) is 21.7. The third-order valence-corrected chi connectivity index (χ3v) is 16.5. The number of carbonyl (C=O) groups is 3. The first kappa shape index (κ1) is 45.6. The first-order valence-corrected chi connectivity index (χ1v) is 25.5. The molecule has 4 atom stereocenters. The lowest BCUT2D eigenvalue weighted by Crippen LogP contribution is -2.58. The molecule has 17 nitrogen and oxygen atoms in total. The van der Waals surface area contributed by atoms with E-state index in [1.807, 2.05) is 24.4 Å². The number of nitrogens with one attached hydrogen (secondary N) is 2. The van der Waals surface area contributed by atoms with Crippen LogP contribution in [0.2, 0.25) is 0 Å². The van der Waals surface area contributed by atoms with Crippen LogP contribution >= 0.6 is 0 Å². The maximum absolute atomic E-state index is 14.0. The van der Waals surface area contributed by atoms with Crippen LogP contribution in [0.4, 0.5) is 28.7 Å². The van der Waals surface area contributed by atoms with Crippen molar-refractivity contribution in [2.45, 2.75) is 116 Å². The van der Waals surface area contributed by atoms with Crippen LogP contribution in [0.3, 0.4) is 0 Å². The molecule has 17 heteroatoms. The number of imide groups is 1. The Morgan fingerprint density at radius 1 is 0.873 bits per heavy atom. The summed E-state index contributed by atoms with van der Waals surface area (Å²) in [5.74, 6) is 1.41. The summed E-state index contributed by atoms with van der Waals surface area (Å²) in [5.41, 5.74) is 10.0. The van der Waals surface area contributed by atoms with Crippen molar-refractivity contribution in [2.75, 3.05) is 59.3 Å². The summed E-state index contributed by atoms with van der Waals surface area (Å²) in [6.07, 6.45) is 11.2. The van der Waals surface area contributed by atoms with Crippen LogP contribution in [0.15, 0.2) is 65.8 Å². The number of carbonyl (C=O) groups excluding carboxylic acids is 3. The number of piperazine rings is 1. The fraction of sp³-hybridized carbons (Fsp3) is 0.481. The van der Waals surface area contributed by atoms with E-state index >= 15 is 0 Å². The van der Waals surface area contributed by atoms with E-state index in [0.717, 1.165) is 69.7 Å². The molecule has 3 fully saturated rings. The van der Waals surface area contributed by atoms with Crippen LogP contribution in [0.1, 0.15) is 91.3 Å². The number of aliphatic hydroxyl groups excluding tert-OH is 1. The monoisotopic (exact) mass is 961 g/mol. The molecule has 12 rings (SSSR count). The number of aliphatic hydroxyl groups is 1. The number of ether oxygens (including phenoxy) is 1. The lowest BCUT2D eigenvalue weighted by Gasteiger charge is -2.48. The minimum absolute atomic E-state index is 0.123. The molecule has 0 bridgehead atoms. The highest BCUT2D eigenvalue weighted by Crippen LogP contribution is 2.44. The van der Waals surface area contributed by atoms with Gasteiger partial charge < -0.3 is 34.1 Å². The standard InChI is InChI=1S/C54H63N11O6/c1-32-27-60(37-10-13-63-38(23-37)11-18-71-47-22-35-30-61(29-34(35)21-44(47)63)43-6-8-49(67)58-51(43)68)14-15-62(32)39-5-7-48(56-26-39)57-42-19-36(28-59(4)52(42)69)40-9-12-55-50(41(40)31-66)65-17-16-64-45(53(65)70)20-33-24-54(2,3)25-46(33)64/h5,7,9,12,19-22,26,28,32,37-38,43,66H,6,8,10-11,13-18,23-25,27,29-31H2,1-4H3,(H,56,57)(H,58,67,68)/t32-,37+,38+,43?/m1/s1. The summed E-state index contributed by atoms with van der Waals surface area (Å²) >= 11 is 0. The van der Waals surface area contributed by atoms with E-state index in [1.54, 1.807) is 30.4 Å². The van der Waals surface area contributed by atoms with Gasteiger partial charge in [-0.25, -0.2) is 9.97 Å². The van der Waals surface area contributed by atoms with Crippen molar-refractivity contribution in [3.63, 3.8) is 0 Å². The average molecular weight is 962 g/mol. The predicted octanol–water partition coefficient (Wildman–Crippen LogP) is 5.12. The summed E-state index contributed by atoms with van der Waals surface area (Å²) in [4.78, 5) is 73.1. The Bertz CT molecular complexity index is 3040. The van der Waals surface area contributed by atoms with Gasteiger partial charge in [-0.15, -0.1) is 0 Å². The maximum Gasteiger partial charge on any atom is 0.276 e. The molecular weight excluding hydrogens is 899 g/mol. The van der Waals surface area contributed by atoms with E-state index in [4.69, 9.17) is 9.72 Å². The number of piperidine rings is 2. The van der Waals surface area contributed by atoms with Gasteiger partial charge in [0.15, 0.2) is 0 Å². The number of pyridine rings is 3. The molecule has 4 aromatic heterocycles. The van der Waals surface area contributed by atoms with Crippen LogP contribution < -0.4 is 35.6 Å². The Morgan fingerprint density at radius 2 is 1.72 bits per heavy atom. The number of hydrogen-bond donors (Lipinski definition) is 3. The zero-order valence-corrected chi connectivity index (χ0v) is 41.1. The molecular formula is C54H63N11O6. The Morgan fingerprint density at radius 3 is 2.51 bits per heavy atom. The number of benzene rings is 1. The van der Waals surface area contributed by atoms with Crippen molar-refractivity contribution >= 4 is 46.4 Å². The van der Waals surface area contributed by atoms with Crippen molar-refractivity contribution in [3.8, 4) is 16.9 Å². The number of rotatable bonds is 8. The number of amides is 3. The van der Waals surface area contributed by atoms with Gasteiger partial charge in [-0.05, 0) is 109 Å². The van der Waals surface area contributed by atoms with E-state index in [-0.39, 0.29) is 47.4 Å². The zero-order valence-electron chi connectivity index (χ0n) is 41.1. The number of nitrogens with zero attached hydrogens (tertiary/aromatic N) is 9. The van der Waals surface area contributed by atoms with Crippen molar-refractivity contribution < 1.29 is 24.2 Å². The van der Waals surface area contributed by atoms with Gasteiger partial charge in [0.25, 0.3) is 11.5 Å². The van der Waals surface area contributed by atoms with Crippen molar-refractivity contribution in [3.05, 3.63) is 105 Å². The minimum Gasteiger partial charge on any atom is -0.491 e. The van der Waals surface area contributed by atoms with Crippen LogP contribution in [-0.2, 0) is 55.7 Å². The van der Waals surface area contributed by atoms with Crippen LogP contribution in [0.5, 0.6) is 5.75 Å². The van der Waals surface area contributed by atoms with E-state index < -0.39 is 0 Å². The Kier molecular flexibility index (Phi) is 11.3. The highest BCUT2D eigenvalue weighted by Gasteiger charge is 2.41. The van der Waals surface area contributed by atoms with Crippen LogP contribution in [-0.4, -0.2) is 115 Å². The smallest absolute Gasteiger partial charge is 0.276 e. The molecule has 7 aliphatic rings. The molecule has 71 heavy (non-hydrogen) atoms. The molecule has 1 unspecified atom stereocenters. The second-order valence-corrected chi connectivity index (χ2v) is 21.7. The highest BCUT2D eigenvalue weighted by molar-refractivity contribution is 6.06. The third kappa shape index (κ3) is 8.15. The molecule has 3 saturated heterocycles. The number of hydrogen-bond acceptors (Lipinski definition) is 13. The zero-order chi connectivity index (χ0) is 48.9. The number of aromatic nitrogens is 4. The predicted molar refractivity (Wildman–Crippen MR) is 270 cm³/mol. The van der Waals surface area contributed by atoms with Gasteiger partial charge in [-0.3, -0.25) is 39.2 Å². The van der Waals surface area contributed by atoms with Gasteiger partial charge in [0.1, 0.15) is 28.8 Å². The first-order valence-electron chi connectivity index (χ1n) is 25.5. The summed E-state index contributed by atoms with van der Waals surface area (Å²) in [7, 11) is 1.71. The summed E-state index contributed by atoms with van der Waals surface area (Å²) in [6.45, 7) is 13.4. The van der Waals surface area contributed by atoms with E-state index in [1.165, 1.54) is 32.6 Å². The maximum atomic E-state index is 14.0. The van der Waals surface area contributed by atoms with E-state index in [9.17, 15) is 24.3 Å². The van der Waals surface area contributed by atoms with Gasteiger partial charge >= 0.3 is 0 Å².